The van der Waals surface area contributed by atoms with Crippen LogP contribution in [0.1, 0.15) is 28.7 Å². The van der Waals surface area contributed by atoms with Crippen molar-refractivity contribution in [3.8, 4) is 0 Å². The van der Waals surface area contributed by atoms with E-state index in [1.165, 1.54) is 0 Å². The number of nitrogens with zero attached hydrogens (tertiary/aromatic N) is 1. The Labute approximate surface area is 204 Å². The lowest BCUT2D eigenvalue weighted by Gasteiger charge is -2.24. The van der Waals surface area contributed by atoms with Crippen molar-refractivity contribution >= 4 is 23.7 Å². The molecule has 0 spiro atoms. The van der Waals surface area contributed by atoms with Gasteiger partial charge in [-0.15, -0.1) is 0 Å². The zero-order chi connectivity index (χ0) is 24.6. The van der Waals surface area contributed by atoms with Gasteiger partial charge in [-0.05, 0) is 47.2 Å². The molecule has 1 atom stereocenters. The van der Waals surface area contributed by atoms with Gasteiger partial charge in [0.15, 0.2) is 0 Å². The van der Waals surface area contributed by atoms with Gasteiger partial charge in [-0.25, -0.2) is 4.79 Å². The van der Waals surface area contributed by atoms with Crippen LogP contribution in [-0.4, -0.2) is 34.5 Å². The van der Waals surface area contributed by atoms with Gasteiger partial charge in [-0.1, -0.05) is 66.7 Å². The molecule has 0 saturated heterocycles. The molecular formula is C28H28N2O5. The van der Waals surface area contributed by atoms with Crippen molar-refractivity contribution in [2.45, 2.75) is 32.4 Å². The number of hydrogen-bond acceptors (Lipinski definition) is 4. The molecule has 7 nitrogen and oxygen atoms in total. The zero-order valence-corrected chi connectivity index (χ0v) is 19.4. The summed E-state index contributed by atoms with van der Waals surface area (Å²) in [6, 6.07) is 24.8. The molecule has 0 bridgehead atoms. The van der Waals surface area contributed by atoms with Gasteiger partial charge in [-0.3, -0.25) is 14.9 Å². The van der Waals surface area contributed by atoms with E-state index >= 15 is 0 Å². The first kappa shape index (κ1) is 24.0. The van der Waals surface area contributed by atoms with Crippen molar-refractivity contribution in [3.63, 3.8) is 0 Å². The molecule has 180 valence electrons. The summed E-state index contributed by atoms with van der Waals surface area (Å²) in [5.74, 6) is -1.82. The third kappa shape index (κ3) is 6.69. The minimum absolute atomic E-state index is 0.156. The van der Waals surface area contributed by atoms with E-state index in [1.807, 2.05) is 72.8 Å². The number of amides is 2. The minimum Gasteiger partial charge on any atom is -0.481 e. The van der Waals surface area contributed by atoms with Gasteiger partial charge in [0.25, 0.3) is 0 Å². The number of nitrogens with one attached hydrogen (secondary N) is 1. The topological polar surface area (TPSA) is 95.9 Å². The fraction of sp³-hybridized carbons (Fsp3) is 0.250. The van der Waals surface area contributed by atoms with Crippen LogP contribution < -0.4 is 5.32 Å². The van der Waals surface area contributed by atoms with Gasteiger partial charge in [0, 0.05) is 18.8 Å². The highest BCUT2D eigenvalue weighted by Crippen LogP contribution is 2.28. The Bertz CT molecular complexity index is 1180. The molecule has 3 aromatic carbocycles. The van der Waals surface area contributed by atoms with Gasteiger partial charge in [0.2, 0.25) is 5.91 Å². The number of rotatable bonds is 8. The summed E-state index contributed by atoms with van der Waals surface area (Å²) in [4.78, 5) is 38.7. The highest BCUT2D eigenvalue weighted by molar-refractivity contribution is 5.86. The van der Waals surface area contributed by atoms with Crippen molar-refractivity contribution in [1.82, 2.24) is 4.90 Å². The number of carbonyl (C=O) groups excluding carboxylic acids is 2. The molecule has 7 heteroatoms. The first-order chi connectivity index (χ1) is 17.0. The van der Waals surface area contributed by atoms with Gasteiger partial charge in [0.1, 0.15) is 6.61 Å². The van der Waals surface area contributed by atoms with Crippen molar-refractivity contribution < 1.29 is 24.2 Å². The van der Waals surface area contributed by atoms with E-state index in [0.717, 1.165) is 22.3 Å². The van der Waals surface area contributed by atoms with Crippen LogP contribution >= 0.6 is 0 Å². The Morgan fingerprint density at radius 2 is 1.63 bits per heavy atom. The second-order valence-electron chi connectivity index (χ2n) is 8.66. The molecule has 0 aliphatic carbocycles. The van der Waals surface area contributed by atoms with Crippen molar-refractivity contribution in [3.05, 3.63) is 101 Å². The number of carboxylic acids is 1. The van der Waals surface area contributed by atoms with Crippen LogP contribution in [0.2, 0.25) is 0 Å². The highest BCUT2D eigenvalue weighted by atomic mass is 16.5. The van der Waals surface area contributed by atoms with Gasteiger partial charge in [0.05, 0.1) is 12.3 Å². The molecule has 0 aromatic heterocycles. The normalized spacial score (nSPS) is 15.1. The summed E-state index contributed by atoms with van der Waals surface area (Å²) in [5.41, 5.74) is 4.35. The van der Waals surface area contributed by atoms with Gasteiger partial charge >= 0.3 is 12.1 Å². The predicted octanol–water partition coefficient (Wildman–Crippen LogP) is 4.65. The molecule has 35 heavy (non-hydrogen) atoms. The maximum atomic E-state index is 13.2. The number of anilines is 1. The molecule has 0 fully saturated rings. The van der Waals surface area contributed by atoms with Crippen molar-refractivity contribution in [2.24, 2.45) is 5.92 Å². The maximum Gasteiger partial charge on any atom is 0.411 e. The number of carboxylic acid groups (broad SMARTS) is 1. The lowest BCUT2D eigenvalue weighted by molar-refractivity contribution is -0.144. The molecule has 0 saturated carbocycles. The van der Waals surface area contributed by atoms with Crippen LogP contribution in [0.25, 0.3) is 0 Å². The molecular weight excluding hydrogens is 444 g/mol. The Hall–Kier alpha value is -4.13. The lowest BCUT2D eigenvalue weighted by atomic mass is 9.94. The van der Waals surface area contributed by atoms with E-state index in [-0.39, 0.29) is 18.9 Å². The van der Waals surface area contributed by atoms with Crippen LogP contribution in [0, 0.1) is 5.92 Å². The second kappa shape index (κ2) is 11.3. The van der Waals surface area contributed by atoms with Crippen LogP contribution in [0.4, 0.5) is 10.5 Å². The summed E-state index contributed by atoms with van der Waals surface area (Å²) in [6.45, 7) is 1.06. The monoisotopic (exact) mass is 472 g/mol. The third-order valence-electron chi connectivity index (χ3n) is 6.09. The summed E-state index contributed by atoms with van der Waals surface area (Å²) in [6.07, 6.45) is 0.174. The van der Waals surface area contributed by atoms with E-state index in [1.54, 1.807) is 11.0 Å². The SMILES string of the molecule is O=C(O)C[C@H]1Cc2cc(NC(=O)OCc3ccccc3)ccc2CN(CCc2ccccc2)C1=O. The van der Waals surface area contributed by atoms with Gasteiger partial charge < -0.3 is 14.7 Å². The van der Waals surface area contributed by atoms with Crippen molar-refractivity contribution in [2.75, 3.05) is 11.9 Å². The molecule has 2 N–H and O–H groups in total. The average Bonchev–Trinajstić information content (AvgIpc) is 2.98. The standard InChI is InChI=1S/C28H28N2O5/c31-26(32)17-24-15-23-16-25(29-28(34)35-19-21-9-5-2-6-10-21)12-11-22(23)18-30(27(24)33)14-13-20-7-3-1-4-8-20/h1-12,16,24H,13-15,17-19H2,(H,29,34)(H,31,32)/t24-/m1/s1. The molecule has 1 aliphatic heterocycles. The Balaban J connectivity index is 1.47. The first-order valence-corrected chi connectivity index (χ1v) is 11.6. The number of aliphatic carboxylic acids is 1. The quantitative estimate of drug-likeness (QED) is 0.497. The fourth-order valence-corrected chi connectivity index (χ4v) is 4.29. The fourth-order valence-electron chi connectivity index (χ4n) is 4.29. The first-order valence-electron chi connectivity index (χ1n) is 11.6. The smallest absolute Gasteiger partial charge is 0.411 e. The van der Waals surface area contributed by atoms with E-state index < -0.39 is 18.0 Å². The van der Waals surface area contributed by atoms with Crippen LogP contribution in [0.3, 0.4) is 0 Å². The summed E-state index contributed by atoms with van der Waals surface area (Å²) in [5, 5.41) is 12.1. The Morgan fingerprint density at radius 1 is 0.943 bits per heavy atom. The maximum absolute atomic E-state index is 13.2. The zero-order valence-electron chi connectivity index (χ0n) is 19.4. The number of benzene rings is 3. The van der Waals surface area contributed by atoms with E-state index in [4.69, 9.17) is 4.74 Å². The average molecular weight is 473 g/mol. The molecule has 0 unspecified atom stereocenters. The van der Waals surface area contributed by atoms with Crippen molar-refractivity contribution in [1.29, 1.82) is 0 Å². The Kier molecular flexibility index (Phi) is 7.77. The molecule has 2 amide bonds. The minimum atomic E-state index is -1.01. The predicted molar refractivity (Wildman–Crippen MR) is 132 cm³/mol. The molecule has 1 heterocycles. The number of fused-ring (bicyclic) bond motifs is 1. The number of hydrogen-bond donors (Lipinski definition) is 2. The Morgan fingerprint density at radius 3 is 2.31 bits per heavy atom. The van der Waals surface area contributed by atoms with E-state index in [9.17, 15) is 19.5 Å². The van der Waals surface area contributed by atoms with E-state index in [2.05, 4.69) is 5.32 Å². The summed E-state index contributed by atoms with van der Waals surface area (Å²) >= 11 is 0. The van der Waals surface area contributed by atoms with E-state index in [0.29, 0.717) is 31.6 Å². The molecule has 0 radical (unpaired) electrons. The molecule has 1 aliphatic rings. The highest BCUT2D eigenvalue weighted by Gasteiger charge is 2.31. The van der Waals surface area contributed by atoms with Gasteiger partial charge in [-0.2, -0.15) is 0 Å². The van der Waals surface area contributed by atoms with Crippen LogP contribution in [-0.2, 0) is 40.3 Å². The number of ether oxygens (including phenoxy) is 1. The number of carbonyl (C=O) groups is 3. The third-order valence-corrected chi connectivity index (χ3v) is 6.09. The second-order valence-corrected chi connectivity index (χ2v) is 8.66. The van der Waals surface area contributed by atoms with Crippen LogP contribution in [0.5, 0.6) is 0 Å². The summed E-state index contributed by atoms with van der Waals surface area (Å²) < 4.78 is 5.29. The molecule has 4 rings (SSSR count). The molecule has 3 aromatic rings. The summed E-state index contributed by atoms with van der Waals surface area (Å²) in [7, 11) is 0. The lowest BCUT2D eigenvalue weighted by Crippen LogP contribution is -2.37. The largest absolute Gasteiger partial charge is 0.481 e. The van der Waals surface area contributed by atoms with Crippen LogP contribution in [0.15, 0.2) is 78.9 Å².